The first-order valence-corrected chi connectivity index (χ1v) is 6.31. The molecule has 1 aromatic carbocycles. The van der Waals surface area contributed by atoms with E-state index in [0.717, 1.165) is 5.82 Å². The molecule has 104 valence electrons. The molecule has 0 radical (unpaired) electrons. The van der Waals surface area contributed by atoms with Crippen LogP contribution < -0.4 is 5.73 Å². The number of aromatic nitrogens is 2. The molecule has 20 heavy (non-hydrogen) atoms. The van der Waals surface area contributed by atoms with Gasteiger partial charge in [-0.15, -0.1) is 0 Å². The highest BCUT2D eigenvalue weighted by Crippen LogP contribution is 2.31. The average molecular weight is 272 g/mol. The smallest absolute Gasteiger partial charge is 0.140 e. The van der Waals surface area contributed by atoms with Crippen LogP contribution in [-0.2, 0) is 5.54 Å². The Labute approximate surface area is 117 Å². The number of imidazole rings is 1. The minimum absolute atomic E-state index is 0.00939. The normalized spacial score (nSPS) is 11.4. The van der Waals surface area contributed by atoms with Crippen LogP contribution in [0.4, 0.5) is 10.2 Å². The van der Waals surface area contributed by atoms with Crippen molar-refractivity contribution in [1.29, 1.82) is 5.26 Å². The van der Waals surface area contributed by atoms with Crippen LogP contribution in [0.15, 0.2) is 18.2 Å². The van der Waals surface area contributed by atoms with Crippen molar-refractivity contribution in [3.05, 3.63) is 35.4 Å². The van der Waals surface area contributed by atoms with E-state index in [1.54, 1.807) is 6.07 Å². The third kappa shape index (κ3) is 2.25. The summed E-state index contributed by atoms with van der Waals surface area (Å²) in [6.07, 6.45) is 0. The quantitative estimate of drug-likeness (QED) is 0.866. The standard InChI is InChI=1S/C15H17FN4/c1-9-19-13(14(18)20(9)15(2,3)4)10-5-6-12(16)11(7-10)8-17/h5-7H,18H2,1-4H3. The molecular formula is C15H17FN4. The number of nitrogens with zero attached hydrogens (tertiary/aromatic N) is 3. The molecule has 5 heteroatoms. The number of nitrogens with two attached hydrogens (primary N) is 1. The summed E-state index contributed by atoms with van der Waals surface area (Å²) in [5.74, 6) is 0.764. The largest absolute Gasteiger partial charge is 0.383 e. The molecule has 4 nitrogen and oxygen atoms in total. The molecule has 1 aromatic heterocycles. The number of benzene rings is 1. The molecule has 0 amide bonds. The Morgan fingerprint density at radius 2 is 2.00 bits per heavy atom. The topological polar surface area (TPSA) is 67.6 Å². The van der Waals surface area contributed by atoms with Crippen LogP contribution in [0.2, 0.25) is 0 Å². The highest BCUT2D eigenvalue weighted by atomic mass is 19.1. The molecular weight excluding hydrogens is 255 g/mol. The fourth-order valence-corrected chi connectivity index (χ4v) is 2.37. The molecule has 0 atom stereocenters. The van der Waals surface area contributed by atoms with Gasteiger partial charge in [0.25, 0.3) is 0 Å². The van der Waals surface area contributed by atoms with Gasteiger partial charge in [-0.05, 0) is 45.9 Å². The number of aryl methyl sites for hydroxylation is 1. The van der Waals surface area contributed by atoms with Gasteiger partial charge in [0.15, 0.2) is 0 Å². The van der Waals surface area contributed by atoms with Gasteiger partial charge in [0, 0.05) is 11.1 Å². The number of halogens is 1. The van der Waals surface area contributed by atoms with Gasteiger partial charge in [0.05, 0.1) is 5.56 Å². The number of hydrogen-bond donors (Lipinski definition) is 1. The van der Waals surface area contributed by atoms with E-state index in [-0.39, 0.29) is 11.1 Å². The average Bonchev–Trinajstić information content (AvgIpc) is 2.65. The van der Waals surface area contributed by atoms with E-state index in [1.165, 1.54) is 12.1 Å². The summed E-state index contributed by atoms with van der Waals surface area (Å²) >= 11 is 0. The van der Waals surface area contributed by atoms with Crippen LogP contribution in [0.1, 0.15) is 32.2 Å². The lowest BCUT2D eigenvalue weighted by Crippen LogP contribution is -2.24. The molecule has 2 aromatic rings. The van der Waals surface area contributed by atoms with E-state index < -0.39 is 5.82 Å². The molecule has 0 aliphatic rings. The minimum Gasteiger partial charge on any atom is -0.383 e. The van der Waals surface area contributed by atoms with E-state index in [4.69, 9.17) is 11.0 Å². The Morgan fingerprint density at radius 1 is 1.35 bits per heavy atom. The maximum atomic E-state index is 13.4. The predicted molar refractivity (Wildman–Crippen MR) is 76.5 cm³/mol. The van der Waals surface area contributed by atoms with Crippen molar-refractivity contribution >= 4 is 5.82 Å². The summed E-state index contributed by atoms with van der Waals surface area (Å²) in [4.78, 5) is 4.46. The lowest BCUT2D eigenvalue weighted by atomic mass is 10.1. The molecule has 0 aliphatic carbocycles. The molecule has 2 N–H and O–H groups in total. The summed E-state index contributed by atoms with van der Waals surface area (Å²) in [6.45, 7) is 7.98. The maximum Gasteiger partial charge on any atom is 0.140 e. The fraction of sp³-hybridized carbons (Fsp3) is 0.333. The van der Waals surface area contributed by atoms with E-state index in [1.807, 2.05) is 38.3 Å². The van der Waals surface area contributed by atoms with Crippen LogP contribution in [0.25, 0.3) is 11.3 Å². The third-order valence-electron chi connectivity index (χ3n) is 3.11. The van der Waals surface area contributed by atoms with E-state index >= 15 is 0 Å². The second kappa shape index (κ2) is 4.64. The van der Waals surface area contributed by atoms with Crippen LogP contribution in [-0.4, -0.2) is 9.55 Å². The molecule has 1 heterocycles. The van der Waals surface area contributed by atoms with Crippen molar-refractivity contribution < 1.29 is 4.39 Å². The summed E-state index contributed by atoms with van der Waals surface area (Å²) in [5, 5.41) is 8.90. The monoisotopic (exact) mass is 272 g/mol. The van der Waals surface area contributed by atoms with Crippen molar-refractivity contribution in [1.82, 2.24) is 9.55 Å². The van der Waals surface area contributed by atoms with Gasteiger partial charge < -0.3 is 10.3 Å². The summed E-state index contributed by atoms with van der Waals surface area (Å²) in [6, 6.07) is 6.15. The van der Waals surface area contributed by atoms with Gasteiger partial charge in [0.1, 0.15) is 29.2 Å². The Hall–Kier alpha value is -2.35. The van der Waals surface area contributed by atoms with Crippen molar-refractivity contribution in [3.8, 4) is 17.3 Å². The zero-order chi connectivity index (χ0) is 15.1. The minimum atomic E-state index is -0.540. The predicted octanol–water partition coefficient (Wildman–Crippen LogP) is 3.21. The molecule has 0 fully saturated rings. The lowest BCUT2D eigenvalue weighted by Gasteiger charge is -2.24. The maximum absolute atomic E-state index is 13.4. The van der Waals surface area contributed by atoms with Crippen LogP contribution >= 0.6 is 0 Å². The van der Waals surface area contributed by atoms with Gasteiger partial charge >= 0.3 is 0 Å². The van der Waals surface area contributed by atoms with Crippen molar-refractivity contribution in [3.63, 3.8) is 0 Å². The highest BCUT2D eigenvalue weighted by Gasteiger charge is 2.22. The van der Waals surface area contributed by atoms with Gasteiger partial charge in [-0.1, -0.05) is 0 Å². The van der Waals surface area contributed by atoms with Crippen molar-refractivity contribution in [2.75, 3.05) is 5.73 Å². The van der Waals surface area contributed by atoms with Crippen molar-refractivity contribution in [2.24, 2.45) is 0 Å². The van der Waals surface area contributed by atoms with E-state index in [9.17, 15) is 4.39 Å². The second-order valence-corrected chi connectivity index (χ2v) is 5.71. The van der Waals surface area contributed by atoms with Gasteiger partial charge in [-0.25, -0.2) is 9.37 Å². The molecule has 0 spiro atoms. The summed E-state index contributed by atoms with van der Waals surface area (Å²) < 4.78 is 15.3. The Morgan fingerprint density at radius 3 is 2.50 bits per heavy atom. The highest BCUT2D eigenvalue weighted by molar-refractivity contribution is 5.72. The lowest BCUT2D eigenvalue weighted by molar-refractivity contribution is 0.393. The first kappa shape index (κ1) is 14.1. The van der Waals surface area contributed by atoms with Crippen LogP contribution in [0.3, 0.4) is 0 Å². The molecule has 0 saturated carbocycles. The molecule has 0 saturated heterocycles. The second-order valence-electron chi connectivity index (χ2n) is 5.71. The first-order valence-electron chi connectivity index (χ1n) is 6.31. The van der Waals surface area contributed by atoms with Gasteiger partial charge in [-0.2, -0.15) is 5.26 Å². The number of rotatable bonds is 1. The summed E-state index contributed by atoms with van der Waals surface area (Å²) in [5.41, 5.74) is 7.19. The number of hydrogen-bond acceptors (Lipinski definition) is 3. The van der Waals surface area contributed by atoms with Crippen LogP contribution in [0.5, 0.6) is 0 Å². The van der Waals surface area contributed by atoms with Crippen molar-refractivity contribution in [2.45, 2.75) is 33.2 Å². The number of anilines is 1. The van der Waals surface area contributed by atoms with E-state index in [2.05, 4.69) is 4.98 Å². The van der Waals surface area contributed by atoms with Crippen LogP contribution in [0, 0.1) is 24.1 Å². The molecule has 0 unspecified atom stereocenters. The van der Waals surface area contributed by atoms with E-state index in [0.29, 0.717) is 17.1 Å². The zero-order valence-electron chi connectivity index (χ0n) is 12.0. The Kier molecular flexibility index (Phi) is 3.26. The Balaban J connectivity index is 2.64. The number of nitriles is 1. The molecule has 2 rings (SSSR count). The first-order chi connectivity index (χ1) is 9.25. The fourth-order valence-electron chi connectivity index (χ4n) is 2.37. The zero-order valence-corrected chi connectivity index (χ0v) is 12.0. The van der Waals surface area contributed by atoms with Gasteiger partial charge in [-0.3, -0.25) is 0 Å². The Bertz CT molecular complexity index is 702. The summed E-state index contributed by atoms with van der Waals surface area (Å²) in [7, 11) is 0. The molecule has 0 aliphatic heterocycles. The number of nitrogen functional groups attached to an aromatic ring is 1. The molecule has 0 bridgehead atoms. The van der Waals surface area contributed by atoms with Gasteiger partial charge in [0.2, 0.25) is 0 Å². The third-order valence-corrected chi connectivity index (χ3v) is 3.11. The SMILES string of the molecule is Cc1nc(-c2ccc(F)c(C#N)c2)c(N)n1C(C)(C)C.